The second-order valence-corrected chi connectivity index (χ2v) is 5.91. The topological polar surface area (TPSA) is 0 Å². The molecule has 0 heteroatoms. The Labute approximate surface area is 102 Å². The fourth-order valence-electron chi connectivity index (χ4n) is 2.77. The van der Waals surface area contributed by atoms with E-state index in [0.717, 1.165) is 11.8 Å². The highest BCUT2D eigenvalue weighted by Gasteiger charge is 2.22. The summed E-state index contributed by atoms with van der Waals surface area (Å²) in [6.45, 7) is 14.9. The lowest BCUT2D eigenvalue weighted by atomic mass is 9.81. The van der Waals surface area contributed by atoms with E-state index in [2.05, 4.69) is 33.9 Å². The largest absolute Gasteiger partial charge is 0.0999 e. The molecule has 0 aromatic carbocycles. The molecule has 92 valence electrons. The number of rotatable bonds is 6. The Kier molecular flexibility index (Phi) is 5.31. The van der Waals surface area contributed by atoms with E-state index in [4.69, 9.17) is 0 Å². The third-order valence-corrected chi connectivity index (χ3v) is 4.27. The minimum absolute atomic E-state index is 0.642. The van der Waals surface area contributed by atoms with Gasteiger partial charge in [0.1, 0.15) is 0 Å². The third kappa shape index (κ3) is 4.15. The molecule has 2 atom stereocenters. The maximum atomic E-state index is 4.18. The average molecular weight is 220 g/mol. The van der Waals surface area contributed by atoms with Crippen LogP contribution in [0.5, 0.6) is 0 Å². The molecule has 0 saturated heterocycles. The van der Waals surface area contributed by atoms with Crippen molar-refractivity contribution in [2.45, 2.75) is 59.3 Å². The van der Waals surface area contributed by atoms with Gasteiger partial charge < -0.3 is 0 Å². The summed E-state index contributed by atoms with van der Waals surface area (Å²) in [6.07, 6.45) is 8.41. The standard InChI is InChI=1S/C16H28/c1-12(2)14(5)10-16(13(3)4)11-15-8-6-7-9-15/h14-16H,1,3,6-11H2,2,4-5H3. The number of hydrogen-bond acceptors (Lipinski definition) is 0. The lowest BCUT2D eigenvalue weighted by Gasteiger charge is -2.24. The number of hydrogen-bond donors (Lipinski definition) is 0. The van der Waals surface area contributed by atoms with Crippen molar-refractivity contribution in [3.63, 3.8) is 0 Å². The lowest BCUT2D eigenvalue weighted by Crippen LogP contribution is -2.12. The van der Waals surface area contributed by atoms with Gasteiger partial charge in [-0.1, -0.05) is 56.9 Å². The first kappa shape index (κ1) is 13.5. The molecule has 2 unspecified atom stereocenters. The molecule has 0 aromatic rings. The SMILES string of the molecule is C=C(C)C(C)CC(CC1CCCC1)C(=C)C. The summed E-state index contributed by atoms with van der Waals surface area (Å²) < 4.78 is 0. The molecule has 1 aliphatic rings. The van der Waals surface area contributed by atoms with E-state index in [9.17, 15) is 0 Å². The molecule has 1 rings (SSSR count). The summed E-state index contributed by atoms with van der Waals surface area (Å²) in [4.78, 5) is 0. The Morgan fingerprint density at radius 3 is 2.12 bits per heavy atom. The normalized spacial score (nSPS) is 20.7. The lowest BCUT2D eigenvalue weighted by molar-refractivity contribution is 0.367. The highest BCUT2D eigenvalue weighted by Crippen LogP contribution is 2.35. The van der Waals surface area contributed by atoms with Crippen molar-refractivity contribution in [3.05, 3.63) is 24.3 Å². The van der Waals surface area contributed by atoms with Crippen LogP contribution in [0.3, 0.4) is 0 Å². The van der Waals surface area contributed by atoms with Crippen LogP contribution in [-0.4, -0.2) is 0 Å². The van der Waals surface area contributed by atoms with E-state index in [1.54, 1.807) is 0 Å². The summed E-state index contributed by atoms with van der Waals surface area (Å²) in [6, 6.07) is 0. The zero-order chi connectivity index (χ0) is 12.1. The highest BCUT2D eigenvalue weighted by atomic mass is 14.3. The predicted octanol–water partition coefficient (Wildman–Crippen LogP) is 5.36. The summed E-state index contributed by atoms with van der Waals surface area (Å²) >= 11 is 0. The molecular weight excluding hydrogens is 192 g/mol. The quantitative estimate of drug-likeness (QED) is 0.528. The van der Waals surface area contributed by atoms with Crippen LogP contribution < -0.4 is 0 Å². The summed E-state index contributed by atoms with van der Waals surface area (Å²) in [7, 11) is 0. The fourth-order valence-corrected chi connectivity index (χ4v) is 2.77. The predicted molar refractivity (Wildman–Crippen MR) is 73.5 cm³/mol. The smallest absolute Gasteiger partial charge is 0.0200 e. The van der Waals surface area contributed by atoms with Crippen molar-refractivity contribution in [2.75, 3.05) is 0 Å². The van der Waals surface area contributed by atoms with Gasteiger partial charge in [0.15, 0.2) is 0 Å². The Morgan fingerprint density at radius 2 is 1.69 bits per heavy atom. The van der Waals surface area contributed by atoms with Crippen molar-refractivity contribution >= 4 is 0 Å². The molecule has 0 aliphatic heterocycles. The molecule has 0 aromatic heterocycles. The van der Waals surface area contributed by atoms with Crippen LogP contribution in [0.2, 0.25) is 0 Å². The molecule has 0 amide bonds. The molecule has 0 radical (unpaired) electrons. The van der Waals surface area contributed by atoms with Gasteiger partial charge in [-0.05, 0) is 44.4 Å². The minimum atomic E-state index is 0.642. The van der Waals surface area contributed by atoms with Crippen LogP contribution >= 0.6 is 0 Å². The van der Waals surface area contributed by atoms with Gasteiger partial charge in [-0.2, -0.15) is 0 Å². The van der Waals surface area contributed by atoms with Gasteiger partial charge in [0, 0.05) is 0 Å². The van der Waals surface area contributed by atoms with Crippen LogP contribution in [0.15, 0.2) is 24.3 Å². The van der Waals surface area contributed by atoms with Gasteiger partial charge in [-0.3, -0.25) is 0 Å². The van der Waals surface area contributed by atoms with E-state index >= 15 is 0 Å². The van der Waals surface area contributed by atoms with Crippen LogP contribution in [0.4, 0.5) is 0 Å². The number of allylic oxidation sites excluding steroid dienone is 2. The highest BCUT2D eigenvalue weighted by molar-refractivity contribution is 5.02. The van der Waals surface area contributed by atoms with Crippen molar-refractivity contribution in [3.8, 4) is 0 Å². The van der Waals surface area contributed by atoms with Crippen molar-refractivity contribution < 1.29 is 0 Å². The van der Waals surface area contributed by atoms with E-state index in [0.29, 0.717) is 5.92 Å². The first-order chi connectivity index (χ1) is 7.50. The minimum Gasteiger partial charge on any atom is -0.0999 e. The van der Waals surface area contributed by atoms with Gasteiger partial charge in [-0.15, -0.1) is 0 Å². The summed E-state index contributed by atoms with van der Waals surface area (Å²) in [5.74, 6) is 2.33. The van der Waals surface area contributed by atoms with Gasteiger partial charge in [0.2, 0.25) is 0 Å². The fraction of sp³-hybridized carbons (Fsp3) is 0.750. The van der Waals surface area contributed by atoms with E-state index < -0.39 is 0 Å². The molecule has 1 aliphatic carbocycles. The molecule has 0 spiro atoms. The maximum Gasteiger partial charge on any atom is -0.0200 e. The Balaban J connectivity index is 2.46. The second kappa shape index (κ2) is 6.27. The summed E-state index contributed by atoms with van der Waals surface area (Å²) in [5, 5.41) is 0. The summed E-state index contributed by atoms with van der Waals surface area (Å²) in [5.41, 5.74) is 2.69. The molecule has 0 N–H and O–H groups in total. The molecule has 1 fully saturated rings. The Morgan fingerprint density at radius 1 is 1.12 bits per heavy atom. The van der Waals surface area contributed by atoms with Crippen LogP contribution in [0, 0.1) is 17.8 Å². The third-order valence-electron chi connectivity index (χ3n) is 4.27. The Hall–Kier alpha value is -0.520. The van der Waals surface area contributed by atoms with Crippen LogP contribution in [-0.2, 0) is 0 Å². The van der Waals surface area contributed by atoms with E-state index in [1.165, 1.54) is 49.7 Å². The van der Waals surface area contributed by atoms with Gasteiger partial charge in [0.25, 0.3) is 0 Å². The first-order valence-corrected chi connectivity index (χ1v) is 6.81. The van der Waals surface area contributed by atoms with E-state index in [1.807, 2.05) is 0 Å². The van der Waals surface area contributed by atoms with Crippen molar-refractivity contribution in [1.29, 1.82) is 0 Å². The molecule has 0 nitrogen and oxygen atoms in total. The average Bonchev–Trinajstić information content (AvgIpc) is 2.68. The van der Waals surface area contributed by atoms with Gasteiger partial charge in [-0.25, -0.2) is 0 Å². The maximum absolute atomic E-state index is 4.18. The van der Waals surface area contributed by atoms with Crippen molar-refractivity contribution in [1.82, 2.24) is 0 Å². The van der Waals surface area contributed by atoms with E-state index in [-0.39, 0.29) is 0 Å². The second-order valence-electron chi connectivity index (χ2n) is 5.91. The molecular formula is C16H28. The van der Waals surface area contributed by atoms with Crippen LogP contribution in [0.25, 0.3) is 0 Å². The van der Waals surface area contributed by atoms with Crippen molar-refractivity contribution in [2.24, 2.45) is 17.8 Å². The zero-order valence-corrected chi connectivity index (χ0v) is 11.4. The molecule has 0 heterocycles. The van der Waals surface area contributed by atoms with Gasteiger partial charge in [0.05, 0.1) is 0 Å². The Bertz CT molecular complexity index is 243. The first-order valence-electron chi connectivity index (χ1n) is 6.81. The monoisotopic (exact) mass is 220 g/mol. The van der Waals surface area contributed by atoms with Gasteiger partial charge >= 0.3 is 0 Å². The molecule has 1 saturated carbocycles. The molecule has 16 heavy (non-hydrogen) atoms. The molecule has 0 bridgehead atoms. The van der Waals surface area contributed by atoms with Crippen LogP contribution in [0.1, 0.15) is 59.3 Å². The zero-order valence-electron chi connectivity index (χ0n) is 11.4.